The van der Waals surface area contributed by atoms with E-state index in [9.17, 15) is 0 Å². The lowest BCUT2D eigenvalue weighted by Crippen LogP contribution is -3.06. The van der Waals surface area contributed by atoms with E-state index in [1.54, 1.807) is 0 Å². The van der Waals surface area contributed by atoms with E-state index >= 15 is 0 Å². The predicted molar refractivity (Wildman–Crippen MR) is 112 cm³/mol. The molecule has 0 saturated carbocycles. The van der Waals surface area contributed by atoms with Crippen molar-refractivity contribution in [2.45, 2.75) is 47.5 Å². The van der Waals surface area contributed by atoms with Gasteiger partial charge in [0.2, 0.25) is 0 Å². The molecular formula is C21H30N5S+. The standard InChI is InChI=1S/C21H29N5S/c1-16(2)12-24-17(3)18(4)25(21(24)27)15-23(5)13-19-11-22-26(14-19)20-9-7-6-8-10-20/h6-11,14,16H,12-13,15H2,1-5H3/p+1. The Morgan fingerprint density at radius 2 is 1.74 bits per heavy atom. The van der Waals surface area contributed by atoms with E-state index in [0.29, 0.717) is 5.92 Å². The van der Waals surface area contributed by atoms with Gasteiger partial charge < -0.3 is 9.47 Å². The van der Waals surface area contributed by atoms with Gasteiger partial charge in [0, 0.05) is 29.7 Å². The van der Waals surface area contributed by atoms with Gasteiger partial charge in [0.05, 0.1) is 18.9 Å². The summed E-state index contributed by atoms with van der Waals surface area (Å²) in [6, 6.07) is 10.2. The summed E-state index contributed by atoms with van der Waals surface area (Å²) in [6.07, 6.45) is 4.07. The number of quaternary nitrogens is 1. The quantitative estimate of drug-likeness (QED) is 0.635. The summed E-state index contributed by atoms with van der Waals surface area (Å²) in [4.78, 5) is 1.38. The third-order valence-electron chi connectivity index (χ3n) is 4.93. The molecule has 3 aromatic rings. The topological polar surface area (TPSA) is 32.1 Å². The van der Waals surface area contributed by atoms with E-state index in [4.69, 9.17) is 12.2 Å². The molecular weight excluding hydrogens is 354 g/mol. The molecule has 1 unspecified atom stereocenters. The second kappa shape index (κ2) is 8.23. The molecule has 1 atom stereocenters. The van der Waals surface area contributed by atoms with Gasteiger partial charge in [-0.25, -0.2) is 4.68 Å². The molecule has 0 radical (unpaired) electrons. The van der Waals surface area contributed by atoms with Crippen LogP contribution in [0.1, 0.15) is 30.8 Å². The van der Waals surface area contributed by atoms with Gasteiger partial charge in [-0.2, -0.15) is 5.10 Å². The maximum Gasteiger partial charge on any atom is 0.184 e. The van der Waals surface area contributed by atoms with Crippen LogP contribution < -0.4 is 4.90 Å². The molecule has 0 amide bonds. The Balaban J connectivity index is 1.73. The zero-order valence-electron chi connectivity index (χ0n) is 16.9. The fraction of sp³-hybridized carbons (Fsp3) is 0.429. The fourth-order valence-electron chi connectivity index (χ4n) is 3.44. The van der Waals surface area contributed by atoms with Gasteiger partial charge in [0.25, 0.3) is 0 Å². The summed E-state index contributed by atoms with van der Waals surface area (Å²) < 4.78 is 7.40. The van der Waals surface area contributed by atoms with Crippen molar-refractivity contribution in [2.24, 2.45) is 5.92 Å². The Labute approximate surface area is 166 Å². The lowest BCUT2D eigenvalue weighted by Gasteiger charge is -2.15. The number of aromatic nitrogens is 4. The van der Waals surface area contributed by atoms with Crippen LogP contribution in [0.15, 0.2) is 42.7 Å². The van der Waals surface area contributed by atoms with Gasteiger partial charge in [-0.05, 0) is 44.1 Å². The van der Waals surface area contributed by atoms with Crippen molar-refractivity contribution in [1.29, 1.82) is 0 Å². The molecule has 144 valence electrons. The Bertz CT molecular complexity index is 949. The summed E-state index contributed by atoms with van der Waals surface area (Å²) in [5.41, 5.74) is 4.85. The van der Waals surface area contributed by atoms with Crippen molar-refractivity contribution in [1.82, 2.24) is 18.9 Å². The maximum absolute atomic E-state index is 5.77. The summed E-state index contributed by atoms with van der Waals surface area (Å²) in [5.74, 6) is 0.583. The first-order valence-corrected chi connectivity index (χ1v) is 9.94. The molecule has 0 aliphatic heterocycles. The number of benzene rings is 1. The highest BCUT2D eigenvalue weighted by Crippen LogP contribution is 2.13. The number of hydrogen-bond acceptors (Lipinski definition) is 2. The highest BCUT2D eigenvalue weighted by Gasteiger charge is 2.15. The zero-order chi connectivity index (χ0) is 19.6. The van der Waals surface area contributed by atoms with Crippen molar-refractivity contribution in [3.05, 3.63) is 64.4 Å². The molecule has 27 heavy (non-hydrogen) atoms. The number of nitrogens with one attached hydrogen (secondary N) is 1. The van der Waals surface area contributed by atoms with Gasteiger partial charge in [0.1, 0.15) is 6.54 Å². The van der Waals surface area contributed by atoms with Crippen molar-refractivity contribution >= 4 is 12.2 Å². The minimum atomic E-state index is 0.583. The molecule has 1 aromatic carbocycles. The average molecular weight is 385 g/mol. The van der Waals surface area contributed by atoms with Crippen molar-refractivity contribution in [3.8, 4) is 5.69 Å². The first kappa shape index (κ1) is 19.6. The number of para-hydroxylation sites is 1. The van der Waals surface area contributed by atoms with E-state index in [2.05, 4.69) is 67.3 Å². The maximum atomic E-state index is 5.77. The van der Waals surface area contributed by atoms with Crippen LogP contribution in [-0.2, 0) is 19.8 Å². The average Bonchev–Trinajstić information content (AvgIpc) is 3.17. The summed E-state index contributed by atoms with van der Waals surface area (Å²) in [5, 5.41) is 4.50. The normalized spacial score (nSPS) is 12.7. The van der Waals surface area contributed by atoms with E-state index < -0.39 is 0 Å². The lowest BCUT2D eigenvalue weighted by atomic mass is 10.2. The molecule has 2 heterocycles. The summed E-state index contributed by atoms with van der Waals surface area (Å²) >= 11 is 5.77. The minimum absolute atomic E-state index is 0.583. The van der Waals surface area contributed by atoms with Gasteiger partial charge in [0.15, 0.2) is 11.4 Å². The number of hydrogen-bond donors (Lipinski definition) is 1. The highest BCUT2D eigenvalue weighted by molar-refractivity contribution is 7.71. The van der Waals surface area contributed by atoms with Gasteiger partial charge in [-0.15, -0.1) is 0 Å². The molecule has 0 aliphatic carbocycles. The molecule has 0 bridgehead atoms. The molecule has 0 aliphatic rings. The van der Waals surface area contributed by atoms with Crippen LogP contribution in [0, 0.1) is 24.5 Å². The molecule has 5 nitrogen and oxygen atoms in total. The van der Waals surface area contributed by atoms with Crippen molar-refractivity contribution in [2.75, 3.05) is 7.05 Å². The van der Waals surface area contributed by atoms with Crippen LogP contribution in [0.3, 0.4) is 0 Å². The second-order valence-electron chi connectivity index (χ2n) is 7.81. The third kappa shape index (κ3) is 4.39. The molecule has 0 spiro atoms. The Kier molecular flexibility index (Phi) is 5.97. The van der Waals surface area contributed by atoms with Crippen LogP contribution in [-0.4, -0.2) is 26.0 Å². The van der Waals surface area contributed by atoms with E-state index in [0.717, 1.165) is 30.2 Å². The molecule has 6 heteroatoms. The van der Waals surface area contributed by atoms with Crippen LogP contribution in [0.5, 0.6) is 0 Å². The zero-order valence-corrected chi connectivity index (χ0v) is 17.8. The number of imidazole rings is 1. The highest BCUT2D eigenvalue weighted by atomic mass is 32.1. The van der Waals surface area contributed by atoms with Gasteiger partial charge >= 0.3 is 0 Å². The molecule has 0 fully saturated rings. The van der Waals surface area contributed by atoms with Crippen LogP contribution in [0.4, 0.5) is 0 Å². The van der Waals surface area contributed by atoms with Crippen LogP contribution >= 0.6 is 12.2 Å². The molecule has 1 N–H and O–H groups in total. The Morgan fingerprint density at radius 3 is 2.41 bits per heavy atom. The van der Waals surface area contributed by atoms with Crippen molar-refractivity contribution < 1.29 is 4.90 Å². The largest absolute Gasteiger partial charge is 0.321 e. The molecule has 0 saturated heterocycles. The number of rotatable bonds is 7. The lowest BCUT2D eigenvalue weighted by molar-refractivity contribution is -0.917. The predicted octanol–water partition coefficient (Wildman–Crippen LogP) is 3.15. The van der Waals surface area contributed by atoms with Gasteiger partial charge in [-0.1, -0.05) is 32.0 Å². The van der Waals surface area contributed by atoms with Crippen molar-refractivity contribution in [3.63, 3.8) is 0 Å². The second-order valence-corrected chi connectivity index (χ2v) is 8.17. The number of nitrogens with zero attached hydrogens (tertiary/aromatic N) is 4. The third-order valence-corrected chi connectivity index (χ3v) is 5.37. The Morgan fingerprint density at radius 1 is 1.07 bits per heavy atom. The first-order valence-electron chi connectivity index (χ1n) is 9.53. The summed E-state index contributed by atoms with van der Waals surface area (Å²) in [7, 11) is 2.20. The fourth-order valence-corrected chi connectivity index (χ4v) is 3.85. The van der Waals surface area contributed by atoms with Crippen LogP contribution in [0.25, 0.3) is 5.69 Å². The van der Waals surface area contributed by atoms with E-state index in [1.807, 2.05) is 29.1 Å². The molecule has 2 aromatic heterocycles. The van der Waals surface area contributed by atoms with E-state index in [1.165, 1.54) is 21.9 Å². The van der Waals surface area contributed by atoms with Gasteiger partial charge in [-0.3, -0.25) is 4.57 Å². The minimum Gasteiger partial charge on any atom is -0.321 e. The monoisotopic (exact) mass is 384 g/mol. The SMILES string of the molecule is Cc1c(C)n(C[NH+](C)Cc2cnn(-c3ccccc3)c2)c(=S)n1CC(C)C. The Hall–Kier alpha value is -2.18. The summed E-state index contributed by atoms with van der Waals surface area (Å²) in [6.45, 7) is 11.5. The van der Waals surface area contributed by atoms with Crippen LogP contribution in [0.2, 0.25) is 0 Å². The first-order chi connectivity index (χ1) is 12.9. The molecule has 3 rings (SSSR count). The smallest absolute Gasteiger partial charge is 0.184 e. The van der Waals surface area contributed by atoms with E-state index in [-0.39, 0.29) is 0 Å².